The number of methoxy groups -OCH3 is 1. The molecule has 4 aromatic rings. The summed E-state index contributed by atoms with van der Waals surface area (Å²) in [6.45, 7) is 0.103. The Morgan fingerprint density at radius 2 is 1.76 bits per heavy atom. The Hall–Kier alpha value is -4.37. The molecule has 0 radical (unpaired) electrons. The SMILES string of the molecule is COc1ccccc1NC(=O)CN1C(=O)S/C(=C\c2cn(Cc3ccc(F)cc3)c3ccccc23)C1=O. The van der Waals surface area contributed by atoms with Crippen LogP contribution in [-0.4, -0.2) is 40.2 Å². The lowest BCUT2D eigenvalue weighted by Gasteiger charge is -2.14. The van der Waals surface area contributed by atoms with Gasteiger partial charge in [0.1, 0.15) is 18.1 Å². The molecule has 1 aromatic heterocycles. The van der Waals surface area contributed by atoms with Gasteiger partial charge in [0.05, 0.1) is 17.7 Å². The lowest BCUT2D eigenvalue weighted by molar-refractivity contribution is -0.127. The van der Waals surface area contributed by atoms with Crippen molar-refractivity contribution in [2.45, 2.75) is 6.54 Å². The van der Waals surface area contributed by atoms with Crippen LogP contribution < -0.4 is 10.1 Å². The summed E-state index contributed by atoms with van der Waals surface area (Å²) in [6, 6.07) is 20.9. The van der Waals surface area contributed by atoms with Crippen molar-refractivity contribution >= 4 is 51.5 Å². The lowest BCUT2D eigenvalue weighted by atomic mass is 10.1. The molecule has 0 bridgehead atoms. The van der Waals surface area contributed by atoms with Gasteiger partial charge in [0.25, 0.3) is 11.1 Å². The van der Waals surface area contributed by atoms with E-state index in [1.54, 1.807) is 42.5 Å². The number of imide groups is 1. The molecule has 2 heterocycles. The number of aromatic nitrogens is 1. The van der Waals surface area contributed by atoms with Crippen LogP contribution in [0.2, 0.25) is 0 Å². The first-order chi connectivity index (χ1) is 17.9. The van der Waals surface area contributed by atoms with E-state index in [2.05, 4.69) is 5.32 Å². The van der Waals surface area contributed by atoms with Crippen molar-refractivity contribution in [2.24, 2.45) is 0 Å². The maximum atomic E-state index is 13.3. The first-order valence-corrected chi connectivity index (χ1v) is 12.2. The molecule has 1 N–H and O–H groups in total. The highest BCUT2D eigenvalue weighted by Gasteiger charge is 2.36. The zero-order valence-electron chi connectivity index (χ0n) is 19.8. The van der Waals surface area contributed by atoms with Crippen molar-refractivity contribution in [3.8, 4) is 5.75 Å². The minimum absolute atomic E-state index is 0.236. The molecule has 1 saturated heterocycles. The van der Waals surface area contributed by atoms with E-state index in [1.165, 1.54) is 19.2 Å². The molecule has 0 unspecified atom stereocenters. The van der Waals surface area contributed by atoms with Gasteiger partial charge in [-0.15, -0.1) is 0 Å². The molecule has 5 rings (SSSR count). The maximum Gasteiger partial charge on any atom is 0.294 e. The Morgan fingerprint density at radius 1 is 1.03 bits per heavy atom. The van der Waals surface area contributed by atoms with E-state index in [4.69, 9.17) is 4.74 Å². The molecule has 0 spiro atoms. The molecule has 3 amide bonds. The highest BCUT2D eigenvalue weighted by molar-refractivity contribution is 8.18. The standard InChI is InChI=1S/C28H22FN3O4S/c1-36-24-9-5-3-7-22(24)30-26(33)17-32-27(34)25(37-28(32)35)14-19-16-31(23-8-4-2-6-21(19)23)15-18-10-12-20(29)13-11-18/h2-14,16H,15,17H2,1H3,(H,30,33)/b25-14-. The fourth-order valence-electron chi connectivity index (χ4n) is 4.17. The number of nitrogens with zero attached hydrogens (tertiary/aromatic N) is 2. The van der Waals surface area contributed by atoms with Gasteiger partial charge in [0, 0.05) is 29.2 Å². The van der Waals surface area contributed by atoms with E-state index in [9.17, 15) is 18.8 Å². The zero-order valence-corrected chi connectivity index (χ0v) is 20.6. The molecule has 3 aromatic carbocycles. The number of anilines is 1. The molecule has 7 nitrogen and oxygen atoms in total. The average Bonchev–Trinajstić information content (AvgIpc) is 3.37. The molecule has 1 aliphatic rings. The number of halogens is 1. The van der Waals surface area contributed by atoms with E-state index in [1.807, 2.05) is 35.0 Å². The number of carbonyl (C=O) groups is 3. The van der Waals surface area contributed by atoms with Crippen LogP contribution in [0.3, 0.4) is 0 Å². The molecular formula is C28H22FN3O4S. The van der Waals surface area contributed by atoms with Crippen molar-refractivity contribution < 1.29 is 23.5 Å². The summed E-state index contributed by atoms with van der Waals surface area (Å²) in [6.07, 6.45) is 3.57. The van der Waals surface area contributed by atoms with Gasteiger partial charge in [-0.1, -0.05) is 42.5 Å². The number of nitrogens with one attached hydrogen (secondary N) is 1. The summed E-state index contributed by atoms with van der Waals surface area (Å²) < 4.78 is 20.6. The third kappa shape index (κ3) is 5.12. The van der Waals surface area contributed by atoms with Crippen LogP contribution in [0, 0.1) is 5.82 Å². The molecular weight excluding hydrogens is 493 g/mol. The van der Waals surface area contributed by atoms with Gasteiger partial charge in [-0.25, -0.2) is 4.39 Å². The number of thioether (sulfide) groups is 1. The van der Waals surface area contributed by atoms with Crippen LogP contribution in [0.1, 0.15) is 11.1 Å². The smallest absolute Gasteiger partial charge is 0.294 e. The van der Waals surface area contributed by atoms with Gasteiger partial charge >= 0.3 is 0 Å². The Bertz CT molecular complexity index is 1540. The third-order valence-corrected chi connectivity index (χ3v) is 6.84. The molecule has 9 heteroatoms. The van der Waals surface area contributed by atoms with Crippen LogP contribution in [0.4, 0.5) is 14.9 Å². The van der Waals surface area contributed by atoms with Crippen molar-refractivity contribution in [1.82, 2.24) is 9.47 Å². The number of para-hydroxylation sites is 3. The number of carbonyl (C=O) groups excluding carboxylic acids is 3. The molecule has 1 fully saturated rings. The monoisotopic (exact) mass is 515 g/mol. The summed E-state index contributed by atoms with van der Waals surface area (Å²) in [5, 5.41) is 3.08. The first kappa shape index (κ1) is 24.3. The van der Waals surface area contributed by atoms with Crippen LogP contribution >= 0.6 is 11.8 Å². The molecule has 0 atom stereocenters. The van der Waals surface area contributed by atoms with E-state index < -0.39 is 23.6 Å². The highest BCUT2D eigenvalue weighted by atomic mass is 32.2. The molecule has 37 heavy (non-hydrogen) atoms. The number of hydrogen-bond donors (Lipinski definition) is 1. The van der Waals surface area contributed by atoms with Gasteiger partial charge in [-0.3, -0.25) is 19.3 Å². The second kappa shape index (κ2) is 10.3. The Kier molecular flexibility index (Phi) is 6.78. The van der Waals surface area contributed by atoms with Crippen molar-refractivity contribution in [1.29, 1.82) is 0 Å². The molecule has 1 aliphatic heterocycles. The van der Waals surface area contributed by atoms with Gasteiger partial charge in [0.15, 0.2) is 0 Å². The molecule has 0 saturated carbocycles. The summed E-state index contributed by atoms with van der Waals surface area (Å²) in [5.41, 5.74) is 3.08. The fourth-order valence-corrected chi connectivity index (χ4v) is 5.00. The maximum absolute atomic E-state index is 13.3. The third-order valence-electron chi connectivity index (χ3n) is 5.93. The second-order valence-electron chi connectivity index (χ2n) is 8.37. The van der Waals surface area contributed by atoms with Crippen LogP contribution in [-0.2, 0) is 16.1 Å². The van der Waals surface area contributed by atoms with Crippen LogP contribution in [0.5, 0.6) is 5.75 Å². The summed E-state index contributed by atoms with van der Waals surface area (Å²) >= 11 is 0.799. The van der Waals surface area contributed by atoms with Crippen molar-refractivity contribution in [2.75, 3.05) is 19.0 Å². The molecule has 186 valence electrons. The van der Waals surface area contributed by atoms with Gasteiger partial charge < -0.3 is 14.6 Å². The van der Waals surface area contributed by atoms with Crippen LogP contribution in [0.25, 0.3) is 17.0 Å². The topological polar surface area (TPSA) is 80.6 Å². The minimum atomic E-state index is -0.527. The normalized spacial score (nSPS) is 14.5. The average molecular weight is 516 g/mol. The van der Waals surface area contributed by atoms with E-state index >= 15 is 0 Å². The van der Waals surface area contributed by atoms with Crippen LogP contribution in [0.15, 0.2) is 83.9 Å². The lowest BCUT2D eigenvalue weighted by Crippen LogP contribution is -2.36. The van der Waals surface area contributed by atoms with Crippen molar-refractivity contribution in [3.05, 3.63) is 101 Å². The molecule has 0 aliphatic carbocycles. The first-order valence-electron chi connectivity index (χ1n) is 11.4. The van der Waals surface area contributed by atoms with Gasteiger partial charge in [-0.2, -0.15) is 0 Å². The van der Waals surface area contributed by atoms with Gasteiger partial charge in [-0.05, 0) is 53.7 Å². The number of ether oxygens (including phenoxy) is 1. The number of amides is 3. The number of benzene rings is 3. The largest absolute Gasteiger partial charge is 0.495 e. The predicted octanol–water partition coefficient (Wildman–Crippen LogP) is 5.51. The Balaban J connectivity index is 1.37. The summed E-state index contributed by atoms with van der Waals surface area (Å²) in [5.74, 6) is -0.861. The summed E-state index contributed by atoms with van der Waals surface area (Å²) in [4.78, 5) is 39.4. The van der Waals surface area contributed by atoms with E-state index in [0.717, 1.165) is 38.7 Å². The quantitative estimate of drug-likeness (QED) is 0.328. The zero-order chi connectivity index (χ0) is 25.9. The summed E-state index contributed by atoms with van der Waals surface area (Å²) in [7, 11) is 1.49. The minimum Gasteiger partial charge on any atom is -0.495 e. The predicted molar refractivity (Wildman–Crippen MR) is 142 cm³/mol. The Morgan fingerprint density at radius 3 is 2.54 bits per heavy atom. The second-order valence-corrected chi connectivity index (χ2v) is 9.37. The highest BCUT2D eigenvalue weighted by Crippen LogP contribution is 2.34. The number of rotatable bonds is 7. The van der Waals surface area contributed by atoms with E-state index in [0.29, 0.717) is 18.0 Å². The number of fused-ring (bicyclic) bond motifs is 1. The fraction of sp³-hybridized carbons (Fsp3) is 0.107. The number of hydrogen-bond acceptors (Lipinski definition) is 5. The van der Waals surface area contributed by atoms with Crippen molar-refractivity contribution in [3.63, 3.8) is 0 Å². The Labute approximate surface area is 216 Å². The van der Waals surface area contributed by atoms with E-state index in [-0.39, 0.29) is 10.7 Å². The van der Waals surface area contributed by atoms with Gasteiger partial charge in [0.2, 0.25) is 5.91 Å².